The first kappa shape index (κ1) is 17.1. The van der Waals surface area contributed by atoms with E-state index < -0.39 is 0 Å². The first-order valence-electron chi connectivity index (χ1n) is 8.27. The normalized spacial score (nSPS) is 10.7. The molecule has 0 atom stereocenters. The van der Waals surface area contributed by atoms with E-state index in [1.165, 1.54) is 17.4 Å². The molecule has 4 rings (SSSR count). The summed E-state index contributed by atoms with van der Waals surface area (Å²) < 4.78 is 15.6. The zero-order valence-electron chi connectivity index (χ0n) is 14.2. The van der Waals surface area contributed by atoms with Gasteiger partial charge in [0.25, 0.3) is 5.91 Å². The van der Waals surface area contributed by atoms with Gasteiger partial charge in [0.2, 0.25) is 0 Å². The lowest BCUT2D eigenvalue weighted by molar-refractivity contribution is 0.102. The molecule has 0 aliphatic rings. The van der Waals surface area contributed by atoms with Crippen LogP contribution in [-0.2, 0) is 6.42 Å². The molecular formula is C20H15FN4OS. The van der Waals surface area contributed by atoms with Gasteiger partial charge in [0, 0.05) is 24.2 Å². The zero-order chi connectivity index (χ0) is 18.6. The van der Waals surface area contributed by atoms with Gasteiger partial charge in [0.15, 0.2) is 0 Å². The molecular weight excluding hydrogens is 363 g/mol. The molecule has 0 unspecified atom stereocenters. The maximum absolute atomic E-state index is 13.8. The van der Waals surface area contributed by atoms with Gasteiger partial charge < -0.3 is 9.88 Å². The summed E-state index contributed by atoms with van der Waals surface area (Å²) in [5, 5.41) is 5.26. The smallest absolute Gasteiger partial charge is 0.275 e. The summed E-state index contributed by atoms with van der Waals surface area (Å²) in [6.07, 6.45) is 5.50. The number of hydrogen-bond donors (Lipinski definition) is 1. The van der Waals surface area contributed by atoms with Crippen LogP contribution in [0.3, 0.4) is 0 Å². The topological polar surface area (TPSA) is 59.8 Å². The third-order valence-electron chi connectivity index (χ3n) is 4.02. The SMILES string of the molecule is O=C(Nc1ccccc1-n1ccnc1)c1csc(Cc2ccccc2F)n1. The molecule has 4 aromatic rings. The second-order valence-electron chi connectivity index (χ2n) is 5.84. The molecule has 0 saturated heterocycles. The van der Waals surface area contributed by atoms with E-state index in [0.29, 0.717) is 28.4 Å². The molecule has 0 saturated carbocycles. The number of imidazole rings is 1. The number of aromatic nitrogens is 3. The summed E-state index contributed by atoms with van der Waals surface area (Å²) in [5.41, 5.74) is 2.34. The van der Waals surface area contributed by atoms with Crippen molar-refractivity contribution >= 4 is 22.9 Å². The highest BCUT2D eigenvalue weighted by Crippen LogP contribution is 2.22. The maximum atomic E-state index is 13.8. The minimum atomic E-state index is -0.307. The molecule has 0 radical (unpaired) electrons. The van der Waals surface area contributed by atoms with Crippen LogP contribution in [0.2, 0.25) is 0 Å². The van der Waals surface area contributed by atoms with Gasteiger partial charge in [-0.2, -0.15) is 0 Å². The van der Waals surface area contributed by atoms with Gasteiger partial charge in [-0.25, -0.2) is 14.4 Å². The summed E-state index contributed by atoms with van der Waals surface area (Å²) in [7, 11) is 0. The Morgan fingerprint density at radius 3 is 2.78 bits per heavy atom. The lowest BCUT2D eigenvalue weighted by atomic mass is 10.1. The van der Waals surface area contributed by atoms with E-state index in [-0.39, 0.29) is 11.7 Å². The number of carbonyl (C=O) groups is 1. The molecule has 27 heavy (non-hydrogen) atoms. The molecule has 0 aliphatic heterocycles. The van der Waals surface area contributed by atoms with Gasteiger partial charge in [-0.15, -0.1) is 11.3 Å². The van der Waals surface area contributed by atoms with Crippen LogP contribution >= 0.6 is 11.3 Å². The van der Waals surface area contributed by atoms with Crippen LogP contribution in [0.1, 0.15) is 21.1 Å². The van der Waals surface area contributed by atoms with Crippen LogP contribution in [0, 0.1) is 5.82 Å². The number of amides is 1. The van der Waals surface area contributed by atoms with Crippen LogP contribution in [0.15, 0.2) is 72.6 Å². The van der Waals surface area contributed by atoms with Crippen LogP contribution in [-0.4, -0.2) is 20.4 Å². The van der Waals surface area contributed by atoms with Crippen LogP contribution < -0.4 is 5.32 Å². The number of nitrogens with zero attached hydrogens (tertiary/aromatic N) is 3. The molecule has 2 heterocycles. The van der Waals surface area contributed by atoms with Gasteiger partial charge in [-0.1, -0.05) is 30.3 Å². The van der Waals surface area contributed by atoms with E-state index in [2.05, 4.69) is 15.3 Å². The summed E-state index contributed by atoms with van der Waals surface area (Å²) in [5.74, 6) is -0.577. The van der Waals surface area contributed by atoms with Crippen LogP contribution in [0.4, 0.5) is 10.1 Å². The third-order valence-corrected chi connectivity index (χ3v) is 4.87. The Morgan fingerprint density at radius 1 is 1.15 bits per heavy atom. The first-order valence-corrected chi connectivity index (χ1v) is 9.15. The molecule has 0 aliphatic carbocycles. The quantitative estimate of drug-likeness (QED) is 0.563. The maximum Gasteiger partial charge on any atom is 0.275 e. The summed E-state index contributed by atoms with van der Waals surface area (Å²) in [6.45, 7) is 0. The number of nitrogens with one attached hydrogen (secondary N) is 1. The predicted molar refractivity (Wildman–Crippen MR) is 103 cm³/mol. The Labute approximate surface area is 159 Å². The number of carbonyl (C=O) groups excluding carboxylic acids is 1. The van der Waals surface area contributed by atoms with Crippen molar-refractivity contribution in [3.8, 4) is 5.69 Å². The number of anilines is 1. The molecule has 7 heteroatoms. The van der Waals surface area contributed by atoms with Crippen LogP contribution in [0.5, 0.6) is 0 Å². The fraction of sp³-hybridized carbons (Fsp3) is 0.0500. The van der Waals surface area contributed by atoms with E-state index in [9.17, 15) is 9.18 Å². The van der Waals surface area contributed by atoms with Gasteiger partial charge in [-0.3, -0.25) is 4.79 Å². The van der Waals surface area contributed by atoms with Crippen molar-refractivity contribution in [1.82, 2.24) is 14.5 Å². The molecule has 134 valence electrons. The Morgan fingerprint density at radius 2 is 1.96 bits per heavy atom. The Balaban J connectivity index is 1.52. The molecule has 0 fully saturated rings. The van der Waals surface area contributed by atoms with E-state index in [1.807, 2.05) is 28.8 Å². The fourth-order valence-corrected chi connectivity index (χ4v) is 3.49. The summed E-state index contributed by atoms with van der Waals surface area (Å²) >= 11 is 1.34. The van der Waals surface area contributed by atoms with Gasteiger partial charge in [-0.05, 0) is 23.8 Å². The Kier molecular flexibility index (Phi) is 4.76. The minimum Gasteiger partial charge on any atom is -0.319 e. The standard InChI is InChI=1S/C20H15FN4OS/c21-15-6-2-1-5-14(15)11-19-23-17(12-27-19)20(26)24-16-7-3-4-8-18(16)25-10-9-22-13-25/h1-10,12-13H,11H2,(H,24,26). The summed E-state index contributed by atoms with van der Waals surface area (Å²) in [4.78, 5) is 21.0. The highest BCUT2D eigenvalue weighted by Gasteiger charge is 2.14. The number of rotatable bonds is 5. The lowest BCUT2D eigenvalue weighted by Gasteiger charge is -2.10. The highest BCUT2D eigenvalue weighted by atomic mass is 32.1. The van der Waals surface area contributed by atoms with Crippen molar-refractivity contribution in [2.45, 2.75) is 6.42 Å². The van der Waals surface area contributed by atoms with E-state index in [0.717, 1.165) is 5.69 Å². The number of para-hydroxylation sites is 2. The molecule has 2 aromatic heterocycles. The largest absolute Gasteiger partial charge is 0.319 e. The molecule has 0 spiro atoms. The average Bonchev–Trinajstić information content (AvgIpc) is 3.36. The first-order chi connectivity index (χ1) is 13.2. The van der Waals surface area contributed by atoms with Crippen molar-refractivity contribution in [2.75, 3.05) is 5.32 Å². The molecule has 0 bridgehead atoms. The Hall–Kier alpha value is -3.32. The molecule has 1 amide bonds. The zero-order valence-corrected chi connectivity index (χ0v) is 15.0. The van der Waals surface area contributed by atoms with Gasteiger partial charge >= 0.3 is 0 Å². The number of halogens is 1. The van der Waals surface area contributed by atoms with E-state index in [4.69, 9.17) is 0 Å². The third kappa shape index (κ3) is 3.78. The predicted octanol–water partition coefficient (Wildman–Crippen LogP) is 4.31. The second kappa shape index (κ2) is 7.51. The molecule has 2 aromatic carbocycles. The van der Waals surface area contributed by atoms with E-state index >= 15 is 0 Å². The number of thiazole rings is 1. The fourth-order valence-electron chi connectivity index (χ4n) is 2.69. The van der Waals surface area contributed by atoms with Crippen LogP contribution in [0.25, 0.3) is 5.69 Å². The van der Waals surface area contributed by atoms with Crippen molar-refractivity contribution in [2.24, 2.45) is 0 Å². The highest BCUT2D eigenvalue weighted by molar-refractivity contribution is 7.09. The monoisotopic (exact) mass is 378 g/mol. The number of benzene rings is 2. The number of hydrogen-bond acceptors (Lipinski definition) is 4. The van der Waals surface area contributed by atoms with Crippen molar-refractivity contribution < 1.29 is 9.18 Å². The summed E-state index contributed by atoms with van der Waals surface area (Å²) in [6, 6.07) is 14.0. The molecule has 1 N–H and O–H groups in total. The minimum absolute atomic E-state index is 0.270. The van der Waals surface area contributed by atoms with Crippen molar-refractivity contribution in [3.63, 3.8) is 0 Å². The van der Waals surface area contributed by atoms with E-state index in [1.54, 1.807) is 42.3 Å². The average molecular weight is 378 g/mol. The molecule has 5 nitrogen and oxygen atoms in total. The Bertz CT molecular complexity index is 1080. The van der Waals surface area contributed by atoms with Gasteiger partial charge in [0.05, 0.1) is 22.7 Å². The second-order valence-corrected chi connectivity index (χ2v) is 6.78. The lowest BCUT2D eigenvalue weighted by Crippen LogP contribution is -2.14. The van der Waals surface area contributed by atoms with Gasteiger partial charge in [0.1, 0.15) is 11.5 Å². The van der Waals surface area contributed by atoms with Crippen molar-refractivity contribution in [3.05, 3.63) is 94.7 Å². The van der Waals surface area contributed by atoms with Crippen molar-refractivity contribution in [1.29, 1.82) is 0 Å².